The largest absolute Gasteiger partial charge is 0.253 e. The molecule has 0 radical (unpaired) electrons. The zero-order chi connectivity index (χ0) is 14.9. The molecule has 22 heavy (non-hydrogen) atoms. The molecule has 0 bridgehead atoms. The number of aromatic nitrogens is 6. The van der Waals surface area contributed by atoms with E-state index in [1.54, 1.807) is 10.7 Å². The van der Waals surface area contributed by atoms with Crippen LogP contribution in [-0.2, 0) is 5.75 Å². The highest BCUT2D eigenvalue weighted by molar-refractivity contribution is 7.98. The molecule has 4 rings (SSSR count). The summed E-state index contributed by atoms with van der Waals surface area (Å²) in [5, 5.41) is 5.07. The monoisotopic (exact) mass is 308 g/mol. The van der Waals surface area contributed by atoms with Gasteiger partial charge in [0.25, 0.3) is 5.78 Å². The van der Waals surface area contributed by atoms with Crippen LogP contribution in [0.15, 0.2) is 47.9 Å². The highest BCUT2D eigenvalue weighted by Crippen LogP contribution is 2.21. The fourth-order valence-electron chi connectivity index (χ4n) is 2.17. The fraction of sp³-hybridized carbons (Fsp3) is 0.133. The van der Waals surface area contributed by atoms with Crippen molar-refractivity contribution in [1.29, 1.82) is 0 Å². The number of para-hydroxylation sites is 2. The van der Waals surface area contributed by atoms with E-state index in [0.29, 0.717) is 16.7 Å². The molecule has 0 saturated carbocycles. The van der Waals surface area contributed by atoms with E-state index in [1.165, 1.54) is 11.8 Å². The Labute approximate surface area is 130 Å². The molecule has 0 aliphatic heterocycles. The van der Waals surface area contributed by atoms with Crippen LogP contribution in [0.5, 0.6) is 0 Å². The minimum atomic E-state index is 0.603. The van der Waals surface area contributed by atoms with E-state index in [-0.39, 0.29) is 0 Å². The average molecular weight is 308 g/mol. The van der Waals surface area contributed by atoms with Crippen molar-refractivity contribution in [3.8, 4) is 0 Å². The van der Waals surface area contributed by atoms with Gasteiger partial charge in [-0.15, -0.1) is 5.10 Å². The molecular weight excluding hydrogens is 296 g/mol. The molecule has 0 amide bonds. The van der Waals surface area contributed by atoms with Crippen molar-refractivity contribution in [1.82, 2.24) is 29.5 Å². The SMILES string of the molecule is Cc1nc2ccccc2nc1CSc1nc2ncccn2n1. The molecule has 0 atom stereocenters. The first-order chi connectivity index (χ1) is 10.8. The first-order valence-corrected chi connectivity index (χ1v) is 7.80. The molecule has 0 saturated heterocycles. The number of hydrogen-bond acceptors (Lipinski definition) is 6. The number of rotatable bonds is 3. The van der Waals surface area contributed by atoms with Crippen LogP contribution >= 0.6 is 11.8 Å². The van der Waals surface area contributed by atoms with Crippen molar-refractivity contribution in [3.05, 3.63) is 54.1 Å². The fourth-order valence-corrected chi connectivity index (χ4v) is 3.00. The topological polar surface area (TPSA) is 68.9 Å². The van der Waals surface area contributed by atoms with Gasteiger partial charge in [0.15, 0.2) is 0 Å². The second-order valence-corrected chi connectivity index (χ2v) is 5.73. The molecular formula is C15H12N6S. The quantitative estimate of drug-likeness (QED) is 0.542. The zero-order valence-corrected chi connectivity index (χ0v) is 12.7. The maximum atomic E-state index is 4.68. The van der Waals surface area contributed by atoms with Gasteiger partial charge in [0.05, 0.1) is 22.4 Å². The van der Waals surface area contributed by atoms with Gasteiger partial charge in [-0.05, 0) is 25.1 Å². The lowest BCUT2D eigenvalue weighted by Gasteiger charge is -2.04. The Hall–Kier alpha value is -2.54. The molecule has 6 nitrogen and oxygen atoms in total. The van der Waals surface area contributed by atoms with Crippen LogP contribution in [0.3, 0.4) is 0 Å². The third-order valence-corrected chi connectivity index (χ3v) is 4.13. The molecule has 3 aromatic heterocycles. The number of nitrogens with zero attached hydrogens (tertiary/aromatic N) is 6. The van der Waals surface area contributed by atoms with Crippen molar-refractivity contribution < 1.29 is 0 Å². The van der Waals surface area contributed by atoms with Crippen molar-refractivity contribution in [2.24, 2.45) is 0 Å². The Morgan fingerprint density at radius 1 is 1.05 bits per heavy atom. The number of benzene rings is 1. The minimum Gasteiger partial charge on any atom is -0.250 e. The maximum Gasteiger partial charge on any atom is 0.253 e. The van der Waals surface area contributed by atoms with Crippen molar-refractivity contribution in [2.45, 2.75) is 17.8 Å². The van der Waals surface area contributed by atoms with Crippen LogP contribution in [-0.4, -0.2) is 29.5 Å². The van der Waals surface area contributed by atoms with Gasteiger partial charge in [-0.25, -0.2) is 19.5 Å². The Balaban J connectivity index is 1.61. The van der Waals surface area contributed by atoms with Crippen LogP contribution < -0.4 is 0 Å². The second-order valence-electron chi connectivity index (χ2n) is 4.79. The Morgan fingerprint density at radius 2 is 1.86 bits per heavy atom. The molecule has 0 spiro atoms. The van der Waals surface area contributed by atoms with E-state index in [0.717, 1.165) is 22.4 Å². The van der Waals surface area contributed by atoms with Crippen molar-refractivity contribution in [2.75, 3.05) is 0 Å². The van der Waals surface area contributed by atoms with Gasteiger partial charge in [0.2, 0.25) is 5.16 Å². The van der Waals surface area contributed by atoms with Crippen LogP contribution in [0.2, 0.25) is 0 Å². The first kappa shape index (κ1) is 13.1. The van der Waals surface area contributed by atoms with Crippen LogP contribution in [0.4, 0.5) is 0 Å². The van der Waals surface area contributed by atoms with Crippen LogP contribution in [0, 0.1) is 6.92 Å². The van der Waals surface area contributed by atoms with E-state index < -0.39 is 0 Å². The predicted octanol–water partition coefficient (Wildman–Crippen LogP) is 2.67. The lowest BCUT2D eigenvalue weighted by atomic mass is 10.2. The Morgan fingerprint density at radius 3 is 2.68 bits per heavy atom. The van der Waals surface area contributed by atoms with Crippen molar-refractivity contribution >= 4 is 28.6 Å². The minimum absolute atomic E-state index is 0.603. The molecule has 0 N–H and O–H groups in total. The molecule has 0 aliphatic rings. The van der Waals surface area contributed by atoms with E-state index in [9.17, 15) is 0 Å². The van der Waals surface area contributed by atoms with Gasteiger partial charge in [0, 0.05) is 18.1 Å². The lowest BCUT2D eigenvalue weighted by molar-refractivity contribution is 0.878. The summed E-state index contributed by atoms with van der Waals surface area (Å²) in [6.07, 6.45) is 3.54. The molecule has 3 heterocycles. The number of thioether (sulfide) groups is 1. The Kier molecular flexibility index (Phi) is 3.19. The number of hydrogen-bond donors (Lipinski definition) is 0. The Bertz CT molecular complexity index is 931. The molecule has 108 valence electrons. The van der Waals surface area contributed by atoms with Crippen LogP contribution in [0.1, 0.15) is 11.4 Å². The molecule has 0 fully saturated rings. The van der Waals surface area contributed by atoms with E-state index in [1.807, 2.05) is 43.5 Å². The molecule has 1 aromatic carbocycles. The van der Waals surface area contributed by atoms with Crippen molar-refractivity contribution in [3.63, 3.8) is 0 Å². The summed E-state index contributed by atoms with van der Waals surface area (Å²) in [5.41, 5.74) is 3.72. The van der Waals surface area contributed by atoms with Gasteiger partial charge in [0.1, 0.15) is 0 Å². The van der Waals surface area contributed by atoms with Gasteiger partial charge in [-0.1, -0.05) is 23.9 Å². The number of fused-ring (bicyclic) bond motifs is 2. The van der Waals surface area contributed by atoms with Gasteiger partial charge < -0.3 is 0 Å². The summed E-state index contributed by atoms with van der Waals surface area (Å²) in [6, 6.07) is 9.72. The molecule has 0 aliphatic carbocycles. The summed E-state index contributed by atoms with van der Waals surface area (Å²) in [5.74, 6) is 1.28. The van der Waals surface area contributed by atoms with E-state index in [4.69, 9.17) is 0 Å². The van der Waals surface area contributed by atoms with Gasteiger partial charge in [-0.2, -0.15) is 4.98 Å². The highest BCUT2D eigenvalue weighted by atomic mass is 32.2. The van der Waals surface area contributed by atoms with E-state index in [2.05, 4.69) is 25.0 Å². The van der Waals surface area contributed by atoms with E-state index >= 15 is 0 Å². The summed E-state index contributed by atoms with van der Waals surface area (Å²) < 4.78 is 1.67. The second kappa shape index (κ2) is 5.34. The summed E-state index contributed by atoms with van der Waals surface area (Å²) in [7, 11) is 0. The summed E-state index contributed by atoms with van der Waals surface area (Å²) >= 11 is 1.54. The predicted molar refractivity (Wildman–Crippen MR) is 84.6 cm³/mol. The average Bonchev–Trinajstić information content (AvgIpc) is 2.95. The summed E-state index contributed by atoms with van der Waals surface area (Å²) in [6.45, 7) is 1.98. The third kappa shape index (κ3) is 2.39. The molecule has 7 heteroatoms. The number of aryl methyl sites for hydroxylation is 1. The summed E-state index contributed by atoms with van der Waals surface area (Å²) in [4.78, 5) is 17.8. The van der Waals surface area contributed by atoms with Gasteiger partial charge >= 0.3 is 0 Å². The highest BCUT2D eigenvalue weighted by Gasteiger charge is 2.09. The lowest BCUT2D eigenvalue weighted by Crippen LogP contribution is -1.97. The van der Waals surface area contributed by atoms with Crippen LogP contribution in [0.25, 0.3) is 16.8 Å². The molecule has 4 aromatic rings. The maximum absolute atomic E-state index is 4.68. The molecule has 0 unspecified atom stereocenters. The first-order valence-electron chi connectivity index (χ1n) is 6.82. The van der Waals surface area contributed by atoms with Gasteiger partial charge in [-0.3, -0.25) is 0 Å². The zero-order valence-electron chi connectivity index (χ0n) is 11.8. The smallest absolute Gasteiger partial charge is 0.250 e. The standard InChI is InChI=1S/C15H12N6S/c1-10-13(18-12-6-3-2-5-11(12)17-10)9-22-15-19-14-16-7-4-8-21(14)20-15/h2-8H,9H2,1H3. The normalized spacial score (nSPS) is 11.3. The third-order valence-electron chi connectivity index (χ3n) is 3.28.